The molecule has 0 saturated heterocycles. The predicted molar refractivity (Wildman–Crippen MR) is 117 cm³/mol. The second-order valence-electron chi connectivity index (χ2n) is 6.75. The molecule has 7 nitrogen and oxygen atoms in total. The lowest BCUT2D eigenvalue weighted by Crippen LogP contribution is -2.13. The van der Waals surface area contributed by atoms with Crippen LogP contribution in [-0.2, 0) is 11.3 Å². The fourth-order valence-corrected chi connectivity index (χ4v) is 3.79. The van der Waals surface area contributed by atoms with E-state index in [1.807, 2.05) is 47.3 Å². The summed E-state index contributed by atoms with van der Waals surface area (Å²) >= 11 is 1.67. The molecule has 0 atom stereocenters. The maximum absolute atomic E-state index is 13.0. The highest BCUT2D eigenvalue weighted by molar-refractivity contribution is 7.09. The van der Waals surface area contributed by atoms with Crippen molar-refractivity contribution < 1.29 is 14.3 Å². The van der Waals surface area contributed by atoms with Crippen molar-refractivity contribution in [3.63, 3.8) is 0 Å². The normalized spacial score (nSPS) is 11.0. The molecule has 0 bridgehead atoms. The number of carbonyl (C=O) groups excluding carboxylic acids is 1. The molecule has 3 heterocycles. The number of ether oxygens (including phenoxy) is 2. The molecule has 4 rings (SSSR count). The summed E-state index contributed by atoms with van der Waals surface area (Å²) in [6.45, 7) is 3.51. The molecule has 0 aliphatic rings. The van der Waals surface area contributed by atoms with Crippen LogP contribution in [0.2, 0.25) is 0 Å². The molecular weight excluding hydrogens is 400 g/mol. The Morgan fingerprint density at radius 1 is 1.20 bits per heavy atom. The van der Waals surface area contributed by atoms with Gasteiger partial charge in [-0.2, -0.15) is 5.10 Å². The molecule has 0 radical (unpaired) electrons. The molecule has 0 spiro atoms. The first-order valence-electron chi connectivity index (χ1n) is 9.53. The number of rotatable bonds is 8. The minimum Gasteiger partial charge on any atom is -0.491 e. The second-order valence-corrected chi connectivity index (χ2v) is 7.78. The smallest absolute Gasteiger partial charge is 0.256 e. The monoisotopic (exact) mass is 422 g/mol. The fourth-order valence-electron chi connectivity index (χ4n) is 3.10. The van der Waals surface area contributed by atoms with Crippen LogP contribution in [0.3, 0.4) is 0 Å². The third-order valence-corrected chi connectivity index (χ3v) is 5.40. The fraction of sp³-hybridized carbons (Fsp3) is 0.227. The molecule has 0 aliphatic carbocycles. The summed E-state index contributed by atoms with van der Waals surface area (Å²) < 4.78 is 12.4. The summed E-state index contributed by atoms with van der Waals surface area (Å²) in [6, 6.07) is 13.1. The van der Waals surface area contributed by atoms with Crippen LogP contribution in [0.1, 0.15) is 20.9 Å². The van der Waals surface area contributed by atoms with Crippen LogP contribution < -0.4 is 10.1 Å². The Balaban J connectivity index is 1.53. The number of hydrogen-bond donors (Lipinski definition) is 1. The van der Waals surface area contributed by atoms with E-state index in [0.717, 1.165) is 16.8 Å². The number of nitrogens with one attached hydrogen (secondary N) is 1. The van der Waals surface area contributed by atoms with Gasteiger partial charge >= 0.3 is 0 Å². The van der Waals surface area contributed by atoms with E-state index in [-0.39, 0.29) is 5.91 Å². The first-order chi connectivity index (χ1) is 14.6. The summed E-state index contributed by atoms with van der Waals surface area (Å²) in [5.41, 5.74) is 2.71. The van der Waals surface area contributed by atoms with Gasteiger partial charge in [-0.3, -0.25) is 4.79 Å². The van der Waals surface area contributed by atoms with Gasteiger partial charge in [0.1, 0.15) is 12.4 Å². The van der Waals surface area contributed by atoms with Crippen molar-refractivity contribution in [2.45, 2.75) is 13.5 Å². The zero-order valence-corrected chi connectivity index (χ0v) is 17.6. The van der Waals surface area contributed by atoms with Gasteiger partial charge in [-0.1, -0.05) is 6.07 Å². The summed E-state index contributed by atoms with van der Waals surface area (Å²) in [5, 5.41) is 10.2. The van der Waals surface area contributed by atoms with Crippen LogP contribution in [0.5, 0.6) is 5.75 Å². The van der Waals surface area contributed by atoms with Gasteiger partial charge < -0.3 is 14.8 Å². The molecule has 1 aromatic carbocycles. The highest BCUT2D eigenvalue weighted by Gasteiger charge is 2.16. The lowest BCUT2D eigenvalue weighted by Gasteiger charge is -2.09. The Kier molecular flexibility index (Phi) is 6.06. The number of benzene rings is 1. The summed E-state index contributed by atoms with van der Waals surface area (Å²) in [7, 11) is 1.63. The average molecular weight is 423 g/mol. The molecule has 30 heavy (non-hydrogen) atoms. The quantitative estimate of drug-likeness (QED) is 0.432. The molecule has 4 aromatic rings. The van der Waals surface area contributed by atoms with Gasteiger partial charge in [-0.05, 0) is 48.7 Å². The molecule has 0 unspecified atom stereocenters. The molecule has 8 heteroatoms. The van der Waals surface area contributed by atoms with Crippen molar-refractivity contribution in [3.05, 3.63) is 70.2 Å². The lowest BCUT2D eigenvalue weighted by atomic mass is 10.1. The molecule has 154 valence electrons. The van der Waals surface area contributed by atoms with Crippen molar-refractivity contribution >= 4 is 34.0 Å². The minimum absolute atomic E-state index is 0.200. The highest BCUT2D eigenvalue weighted by Crippen LogP contribution is 2.22. The van der Waals surface area contributed by atoms with E-state index in [2.05, 4.69) is 21.5 Å². The molecule has 0 saturated carbocycles. The number of fused-ring (bicyclic) bond motifs is 1. The second kappa shape index (κ2) is 9.06. The number of amides is 1. The number of nitrogens with zero attached hydrogens (tertiary/aromatic N) is 3. The van der Waals surface area contributed by atoms with Gasteiger partial charge in [0.15, 0.2) is 5.65 Å². The largest absolute Gasteiger partial charge is 0.491 e. The summed E-state index contributed by atoms with van der Waals surface area (Å²) in [4.78, 5) is 18.8. The molecular formula is C22H22N4O3S. The average Bonchev–Trinajstić information content (AvgIpc) is 3.40. The van der Waals surface area contributed by atoms with E-state index in [4.69, 9.17) is 9.47 Å². The molecule has 3 aromatic heterocycles. The van der Waals surface area contributed by atoms with Gasteiger partial charge in [0.25, 0.3) is 5.91 Å². The summed E-state index contributed by atoms with van der Waals surface area (Å²) in [6.07, 6.45) is 1.71. The number of methoxy groups -OCH3 is 1. The van der Waals surface area contributed by atoms with Crippen LogP contribution >= 0.6 is 11.3 Å². The third-order valence-electron chi connectivity index (χ3n) is 4.54. The molecule has 1 amide bonds. The number of thiophene rings is 1. The van der Waals surface area contributed by atoms with Crippen LogP contribution in [0.25, 0.3) is 11.0 Å². The van der Waals surface area contributed by atoms with Crippen molar-refractivity contribution in [2.75, 3.05) is 25.6 Å². The molecule has 0 fully saturated rings. The topological polar surface area (TPSA) is 78.3 Å². The zero-order valence-electron chi connectivity index (χ0n) is 16.8. The zero-order chi connectivity index (χ0) is 20.9. The van der Waals surface area contributed by atoms with E-state index >= 15 is 0 Å². The SMILES string of the molecule is COCCOc1ccc(NC(=O)c2cc(C)nc3c2cnn3Cc2cccs2)cc1. The number of aryl methyl sites for hydroxylation is 1. The van der Waals surface area contributed by atoms with E-state index in [1.165, 1.54) is 4.88 Å². The van der Waals surface area contributed by atoms with Crippen LogP contribution in [-0.4, -0.2) is 41.0 Å². The number of pyridine rings is 1. The Morgan fingerprint density at radius 3 is 2.77 bits per heavy atom. The number of aromatic nitrogens is 3. The van der Waals surface area contributed by atoms with Gasteiger partial charge in [0.05, 0.1) is 30.3 Å². The van der Waals surface area contributed by atoms with Crippen molar-refractivity contribution in [3.8, 4) is 5.75 Å². The van der Waals surface area contributed by atoms with Crippen molar-refractivity contribution in [2.24, 2.45) is 0 Å². The highest BCUT2D eigenvalue weighted by atomic mass is 32.1. The van der Waals surface area contributed by atoms with Crippen molar-refractivity contribution in [1.82, 2.24) is 14.8 Å². The van der Waals surface area contributed by atoms with E-state index in [1.54, 1.807) is 30.7 Å². The molecule has 0 aliphatic heterocycles. The Morgan fingerprint density at radius 2 is 2.03 bits per heavy atom. The predicted octanol–water partition coefficient (Wildman–Crippen LogP) is 4.13. The van der Waals surface area contributed by atoms with Gasteiger partial charge in [-0.15, -0.1) is 11.3 Å². The third kappa shape index (κ3) is 4.50. The van der Waals surface area contributed by atoms with Gasteiger partial charge in [-0.25, -0.2) is 9.67 Å². The van der Waals surface area contributed by atoms with E-state index < -0.39 is 0 Å². The number of carbonyl (C=O) groups is 1. The first kappa shape index (κ1) is 20.1. The van der Waals surface area contributed by atoms with Crippen LogP contribution in [0.4, 0.5) is 5.69 Å². The Bertz CT molecular complexity index is 1140. The van der Waals surface area contributed by atoms with E-state index in [9.17, 15) is 4.79 Å². The van der Waals surface area contributed by atoms with Crippen molar-refractivity contribution in [1.29, 1.82) is 0 Å². The first-order valence-corrected chi connectivity index (χ1v) is 10.4. The van der Waals surface area contributed by atoms with Crippen LogP contribution in [0, 0.1) is 6.92 Å². The van der Waals surface area contributed by atoms with E-state index in [0.29, 0.717) is 36.7 Å². The molecule has 1 N–H and O–H groups in total. The maximum atomic E-state index is 13.0. The number of anilines is 1. The standard InChI is InChI=1S/C22H22N4O3S/c1-15-12-19(20-13-23-26(21(20)24-15)14-18-4-3-11-30-18)22(27)25-16-5-7-17(8-6-16)29-10-9-28-2/h3-8,11-13H,9-10,14H2,1-2H3,(H,25,27). The van der Waals surface area contributed by atoms with Crippen LogP contribution in [0.15, 0.2) is 54.0 Å². The lowest BCUT2D eigenvalue weighted by molar-refractivity contribution is 0.102. The number of hydrogen-bond acceptors (Lipinski definition) is 6. The van der Waals surface area contributed by atoms with Gasteiger partial charge in [0, 0.05) is 23.4 Å². The minimum atomic E-state index is -0.200. The Labute approximate surface area is 178 Å². The maximum Gasteiger partial charge on any atom is 0.256 e. The van der Waals surface area contributed by atoms with Gasteiger partial charge in [0.2, 0.25) is 0 Å². The summed E-state index contributed by atoms with van der Waals surface area (Å²) in [5.74, 6) is 0.524. The Hall–Kier alpha value is -3.23.